The Balaban J connectivity index is 1.85. The molecule has 6 nitrogen and oxygen atoms in total. The van der Waals surface area contributed by atoms with Crippen molar-refractivity contribution in [2.45, 2.75) is 38.7 Å². The van der Waals surface area contributed by atoms with Crippen molar-refractivity contribution >= 4 is 17.7 Å². The van der Waals surface area contributed by atoms with Gasteiger partial charge < -0.3 is 14.2 Å². The molecule has 1 aromatic carbocycles. The number of Topliss-reactive ketones (excluding diaryl/α,β-unsaturated/α-hetero) is 1. The summed E-state index contributed by atoms with van der Waals surface area (Å²) in [7, 11) is 1.24. The number of ketones is 1. The van der Waals surface area contributed by atoms with E-state index in [9.17, 15) is 14.4 Å². The van der Waals surface area contributed by atoms with Gasteiger partial charge in [0.1, 0.15) is 5.60 Å². The van der Waals surface area contributed by atoms with E-state index in [2.05, 4.69) is 13.8 Å². The first-order chi connectivity index (χ1) is 12.7. The van der Waals surface area contributed by atoms with Crippen LogP contribution in [0.15, 0.2) is 36.1 Å². The Morgan fingerprint density at radius 1 is 1.26 bits per heavy atom. The highest BCUT2D eigenvalue weighted by atomic mass is 16.6. The number of esters is 2. The largest absolute Gasteiger partial charge is 0.480 e. The third kappa shape index (κ3) is 3.61. The lowest BCUT2D eigenvalue weighted by atomic mass is 9.75. The number of ether oxygens (including phenoxy) is 3. The van der Waals surface area contributed by atoms with Crippen LogP contribution in [0.25, 0.3) is 0 Å². The Labute approximate surface area is 158 Å². The lowest BCUT2D eigenvalue weighted by molar-refractivity contribution is -0.148. The molecule has 3 atom stereocenters. The molecular formula is C21H24O6. The van der Waals surface area contributed by atoms with Crippen LogP contribution in [0.5, 0.6) is 0 Å². The topological polar surface area (TPSA) is 78.9 Å². The molecule has 0 saturated carbocycles. The molecule has 3 rings (SSSR count). The van der Waals surface area contributed by atoms with E-state index in [1.807, 2.05) is 12.1 Å². The van der Waals surface area contributed by atoms with Crippen molar-refractivity contribution in [3.8, 4) is 0 Å². The molecule has 1 saturated heterocycles. The minimum Gasteiger partial charge on any atom is -0.480 e. The van der Waals surface area contributed by atoms with Crippen molar-refractivity contribution in [3.63, 3.8) is 0 Å². The Hall–Kier alpha value is -2.63. The van der Waals surface area contributed by atoms with Crippen LogP contribution in [0, 0.1) is 11.8 Å². The summed E-state index contributed by atoms with van der Waals surface area (Å²) in [5.41, 5.74) is 0.681. The zero-order chi connectivity index (χ0) is 19.8. The van der Waals surface area contributed by atoms with Crippen LogP contribution < -0.4 is 0 Å². The zero-order valence-corrected chi connectivity index (χ0v) is 16.0. The van der Waals surface area contributed by atoms with E-state index in [1.54, 1.807) is 19.1 Å². The smallest absolute Gasteiger partial charge is 0.373 e. The van der Waals surface area contributed by atoms with E-state index in [-0.39, 0.29) is 30.5 Å². The van der Waals surface area contributed by atoms with Crippen molar-refractivity contribution in [1.29, 1.82) is 0 Å². The van der Waals surface area contributed by atoms with Crippen LogP contribution >= 0.6 is 0 Å². The molecule has 2 heterocycles. The lowest BCUT2D eigenvalue weighted by Gasteiger charge is -2.39. The summed E-state index contributed by atoms with van der Waals surface area (Å²) in [6.07, 6.45) is 1.47. The fourth-order valence-electron chi connectivity index (χ4n) is 3.65. The Bertz CT molecular complexity index is 791. The monoisotopic (exact) mass is 372 g/mol. The van der Waals surface area contributed by atoms with Crippen molar-refractivity contribution in [3.05, 3.63) is 47.2 Å². The molecule has 2 aliphatic heterocycles. The van der Waals surface area contributed by atoms with Gasteiger partial charge in [-0.1, -0.05) is 38.1 Å². The van der Waals surface area contributed by atoms with E-state index in [0.29, 0.717) is 11.5 Å². The molecule has 0 aliphatic carbocycles. The summed E-state index contributed by atoms with van der Waals surface area (Å²) in [6, 6.07) is 7.48. The number of cyclic esters (lactones) is 1. The maximum Gasteiger partial charge on any atom is 0.373 e. The number of fused-ring (bicyclic) bond motifs is 1. The van der Waals surface area contributed by atoms with Crippen LogP contribution in [0.4, 0.5) is 0 Å². The first kappa shape index (κ1) is 19.1. The number of hydrogen-bond acceptors (Lipinski definition) is 6. The van der Waals surface area contributed by atoms with Crippen molar-refractivity contribution in [2.24, 2.45) is 11.8 Å². The molecule has 27 heavy (non-hydrogen) atoms. The second-order valence-electron chi connectivity index (χ2n) is 7.58. The summed E-state index contributed by atoms with van der Waals surface area (Å²) in [5, 5.41) is 0. The molecule has 144 valence electrons. The second kappa shape index (κ2) is 7.18. The van der Waals surface area contributed by atoms with Crippen molar-refractivity contribution < 1.29 is 28.6 Å². The molecule has 0 unspecified atom stereocenters. The standard InChI is InChI=1S/C21H24O6/c1-12(2)13-5-7-14(8-6-13)17(22)10-21(3)16-11-26-19(23)15(16)9-18(27-21)20(24)25-4/h5-9,12,15-16H,10-11H2,1-4H3/t15-,16-,21-/m1/s1. The molecule has 1 fully saturated rings. The zero-order valence-electron chi connectivity index (χ0n) is 16.0. The fraction of sp³-hybridized carbons (Fsp3) is 0.476. The highest BCUT2D eigenvalue weighted by Crippen LogP contribution is 2.43. The average molecular weight is 372 g/mol. The van der Waals surface area contributed by atoms with Gasteiger partial charge in [0.05, 0.1) is 32.0 Å². The molecule has 0 spiro atoms. The van der Waals surface area contributed by atoms with E-state index in [1.165, 1.54) is 13.2 Å². The van der Waals surface area contributed by atoms with Gasteiger partial charge in [-0.2, -0.15) is 0 Å². The molecule has 1 aromatic rings. The Morgan fingerprint density at radius 2 is 1.93 bits per heavy atom. The normalized spacial score (nSPS) is 26.7. The van der Waals surface area contributed by atoms with Crippen LogP contribution in [0.2, 0.25) is 0 Å². The molecule has 0 N–H and O–H groups in total. The lowest BCUT2D eigenvalue weighted by Crippen LogP contribution is -2.47. The summed E-state index contributed by atoms with van der Waals surface area (Å²) in [4.78, 5) is 36.9. The third-order valence-corrected chi connectivity index (χ3v) is 5.37. The Morgan fingerprint density at radius 3 is 2.52 bits per heavy atom. The van der Waals surface area contributed by atoms with Gasteiger partial charge in [0, 0.05) is 5.56 Å². The quantitative estimate of drug-likeness (QED) is 0.584. The minimum atomic E-state index is -1.04. The van der Waals surface area contributed by atoms with E-state index in [0.717, 1.165) is 5.56 Å². The number of hydrogen-bond donors (Lipinski definition) is 0. The number of carbonyl (C=O) groups excluding carboxylic acids is 3. The predicted octanol–water partition coefficient (Wildman–Crippen LogP) is 3.02. The van der Waals surface area contributed by atoms with Gasteiger partial charge in [-0.3, -0.25) is 9.59 Å². The highest BCUT2D eigenvalue weighted by molar-refractivity contribution is 5.97. The van der Waals surface area contributed by atoms with Gasteiger partial charge in [-0.15, -0.1) is 0 Å². The first-order valence-corrected chi connectivity index (χ1v) is 9.04. The van der Waals surface area contributed by atoms with E-state index >= 15 is 0 Å². The number of rotatable bonds is 5. The van der Waals surface area contributed by atoms with Crippen LogP contribution in [0.1, 0.15) is 49.0 Å². The van der Waals surface area contributed by atoms with E-state index < -0.39 is 23.5 Å². The second-order valence-corrected chi connectivity index (χ2v) is 7.58. The molecule has 0 aromatic heterocycles. The van der Waals surface area contributed by atoms with Gasteiger partial charge >= 0.3 is 11.9 Å². The van der Waals surface area contributed by atoms with Crippen LogP contribution in [-0.2, 0) is 23.8 Å². The van der Waals surface area contributed by atoms with E-state index in [4.69, 9.17) is 14.2 Å². The van der Waals surface area contributed by atoms with Gasteiger partial charge in [0.2, 0.25) is 5.76 Å². The van der Waals surface area contributed by atoms with Crippen molar-refractivity contribution in [1.82, 2.24) is 0 Å². The first-order valence-electron chi connectivity index (χ1n) is 9.04. The maximum atomic E-state index is 12.9. The molecule has 0 radical (unpaired) electrons. The highest BCUT2D eigenvalue weighted by Gasteiger charge is 2.53. The molecule has 0 amide bonds. The predicted molar refractivity (Wildman–Crippen MR) is 97.0 cm³/mol. The Kier molecular flexibility index (Phi) is 5.09. The summed E-state index contributed by atoms with van der Waals surface area (Å²) in [5.74, 6) is -1.83. The van der Waals surface area contributed by atoms with Crippen LogP contribution in [0.3, 0.4) is 0 Å². The average Bonchev–Trinajstić information content (AvgIpc) is 3.02. The number of carbonyl (C=O) groups is 3. The fourth-order valence-corrected chi connectivity index (χ4v) is 3.65. The molecule has 2 aliphatic rings. The van der Waals surface area contributed by atoms with Gasteiger partial charge in [0.25, 0.3) is 0 Å². The molecular weight excluding hydrogens is 348 g/mol. The summed E-state index contributed by atoms with van der Waals surface area (Å²) < 4.78 is 15.8. The third-order valence-electron chi connectivity index (χ3n) is 5.37. The number of methoxy groups -OCH3 is 1. The molecule has 6 heteroatoms. The van der Waals surface area contributed by atoms with Gasteiger partial charge in [-0.25, -0.2) is 4.79 Å². The summed E-state index contributed by atoms with van der Waals surface area (Å²) >= 11 is 0. The van der Waals surface area contributed by atoms with Gasteiger partial charge in [-0.05, 0) is 24.5 Å². The maximum absolute atomic E-state index is 12.9. The van der Waals surface area contributed by atoms with Crippen molar-refractivity contribution in [2.75, 3.05) is 13.7 Å². The summed E-state index contributed by atoms with van der Waals surface area (Å²) in [6.45, 7) is 6.07. The number of benzene rings is 1. The SMILES string of the molecule is COC(=O)C1=C[C@H]2C(=O)OC[C@H]2[C@@](C)(CC(=O)c2ccc(C(C)C)cc2)O1. The minimum absolute atomic E-state index is 0.0279. The molecule has 0 bridgehead atoms. The van der Waals surface area contributed by atoms with Crippen LogP contribution in [-0.4, -0.2) is 37.0 Å². The van der Waals surface area contributed by atoms with Gasteiger partial charge in [0.15, 0.2) is 5.78 Å².